The van der Waals surface area contributed by atoms with Gasteiger partial charge in [0.05, 0.1) is 6.42 Å². The molecule has 8 atom stereocenters. The topological polar surface area (TPSA) is 26.3 Å². The molecule has 3 fully saturated rings. The molecule has 4 aliphatic rings. The molecule has 0 aromatic carbocycles. The van der Waals surface area contributed by atoms with E-state index >= 15 is 0 Å². The molecule has 0 radical (unpaired) electrons. The third kappa shape index (κ3) is 5.01. The van der Waals surface area contributed by atoms with Gasteiger partial charge in [0.2, 0.25) is 0 Å². The van der Waals surface area contributed by atoms with E-state index in [0.29, 0.717) is 22.6 Å². The van der Waals surface area contributed by atoms with Crippen molar-refractivity contribution >= 4 is 21.9 Å². The highest BCUT2D eigenvalue weighted by Crippen LogP contribution is 2.67. The van der Waals surface area contributed by atoms with Crippen LogP contribution in [0.15, 0.2) is 11.6 Å². The molecule has 3 heteroatoms. The van der Waals surface area contributed by atoms with E-state index in [1.165, 1.54) is 57.8 Å². The lowest BCUT2D eigenvalue weighted by molar-refractivity contribution is -0.151. The Kier molecular flexibility index (Phi) is 8.09. The number of carbonyl (C=O) groups is 1. The molecule has 0 unspecified atom stereocenters. The van der Waals surface area contributed by atoms with Crippen molar-refractivity contribution in [3.8, 4) is 0 Å². The first kappa shape index (κ1) is 25.8. The number of allylic oxidation sites excluding steroid dienone is 1. The van der Waals surface area contributed by atoms with Gasteiger partial charge in [-0.05, 0) is 91.3 Å². The highest BCUT2D eigenvalue weighted by molar-refractivity contribution is 9.09. The third-order valence-electron chi connectivity index (χ3n) is 10.9. The van der Waals surface area contributed by atoms with E-state index in [2.05, 4.69) is 56.6 Å². The van der Waals surface area contributed by atoms with Gasteiger partial charge in [0.25, 0.3) is 0 Å². The molecule has 2 nitrogen and oxygen atoms in total. The van der Waals surface area contributed by atoms with Crippen molar-refractivity contribution in [1.29, 1.82) is 0 Å². The van der Waals surface area contributed by atoms with Crippen molar-refractivity contribution in [2.24, 2.45) is 46.3 Å². The van der Waals surface area contributed by atoms with E-state index in [4.69, 9.17) is 4.74 Å². The van der Waals surface area contributed by atoms with Crippen LogP contribution in [0.2, 0.25) is 0 Å². The van der Waals surface area contributed by atoms with Crippen molar-refractivity contribution < 1.29 is 9.53 Å². The fraction of sp³-hybridized carbons (Fsp3) is 0.900. The second kappa shape index (κ2) is 10.4. The highest BCUT2D eigenvalue weighted by atomic mass is 79.9. The van der Waals surface area contributed by atoms with Crippen LogP contribution in [-0.4, -0.2) is 17.4 Å². The Balaban J connectivity index is 1.43. The quantitative estimate of drug-likeness (QED) is 0.181. The first-order valence-electron chi connectivity index (χ1n) is 14.1. The first-order chi connectivity index (χ1) is 15.7. The van der Waals surface area contributed by atoms with Gasteiger partial charge in [-0.1, -0.05) is 81.5 Å². The van der Waals surface area contributed by atoms with Crippen LogP contribution in [0, 0.1) is 46.3 Å². The number of esters is 1. The maximum atomic E-state index is 12.1. The minimum Gasteiger partial charge on any atom is -0.462 e. The Hall–Kier alpha value is -0.310. The van der Waals surface area contributed by atoms with E-state index in [-0.39, 0.29) is 12.1 Å². The maximum Gasteiger partial charge on any atom is 0.306 e. The van der Waals surface area contributed by atoms with Crippen LogP contribution in [0.3, 0.4) is 0 Å². The molecule has 0 spiro atoms. The number of ether oxygens (including phenoxy) is 1. The third-order valence-corrected chi connectivity index (χ3v) is 11.3. The second-order valence-electron chi connectivity index (χ2n) is 13.1. The van der Waals surface area contributed by atoms with E-state index in [1.54, 1.807) is 5.57 Å². The maximum absolute atomic E-state index is 12.1. The summed E-state index contributed by atoms with van der Waals surface area (Å²) < 4.78 is 5.82. The molecule has 4 rings (SSSR count). The van der Waals surface area contributed by atoms with Crippen LogP contribution in [0.1, 0.15) is 112 Å². The molecule has 4 aliphatic carbocycles. The van der Waals surface area contributed by atoms with Gasteiger partial charge in [-0.25, -0.2) is 0 Å². The van der Waals surface area contributed by atoms with Gasteiger partial charge in [0, 0.05) is 11.8 Å². The van der Waals surface area contributed by atoms with E-state index in [9.17, 15) is 4.79 Å². The zero-order valence-electron chi connectivity index (χ0n) is 22.0. The van der Waals surface area contributed by atoms with Crippen LogP contribution >= 0.6 is 15.9 Å². The standard InChI is InChI=1S/C30H49BrO2/c1-20(2)7-6-8-21(3)25-11-12-26-24-10-9-22-19-23(33-28(32)15-18-31)13-16-29(22,4)27(24)14-17-30(25,26)5/h9,20-21,23-27H,6-8,10-19H2,1-5H3/t21-,23+,24-,25+,26-,27-,29-,30+/m0/s1. The summed E-state index contributed by atoms with van der Waals surface area (Å²) in [6, 6.07) is 0. The molecule has 0 bridgehead atoms. The Bertz CT molecular complexity index is 729. The summed E-state index contributed by atoms with van der Waals surface area (Å²) in [7, 11) is 0. The zero-order valence-corrected chi connectivity index (χ0v) is 23.6. The molecule has 0 aromatic rings. The summed E-state index contributed by atoms with van der Waals surface area (Å²) in [4.78, 5) is 12.1. The molecule has 0 saturated heterocycles. The predicted molar refractivity (Wildman–Crippen MR) is 141 cm³/mol. The van der Waals surface area contributed by atoms with Gasteiger partial charge in [-0.15, -0.1) is 0 Å². The summed E-state index contributed by atoms with van der Waals surface area (Å²) in [5.74, 6) is 5.23. The second-order valence-corrected chi connectivity index (χ2v) is 13.9. The minimum atomic E-state index is -0.0392. The smallest absolute Gasteiger partial charge is 0.306 e. The number of fused-ring (bicyclic) bond motifs is 5. The Labute approximate surface area is 212 Å². The first-order valence-corrected chi connectivity index (χ1v) is 15.3. The fourth-order valence-corrected chi connectivity index (χ4v) is 9.40. The Morgan fingerprint density at radius 3 is 2.61 bits per heavy atom. The normalized spacial score (nSPS) is 41.1. The molecule has 3 saturated carbocycles. The van der Waals surface area contributed by atoms with Gasteiger partial charge >= 0.3 is 5.97 Å². The number of halogens is 1. The summed E-state index contributed by atoms with van der Waals surface area (Å²) in [5.41, 5.74) is 2.51. The molecular formula is C30H49BrO2. The van der Waals surface area contributed by atoms with E-state index in [1.807, 2.05) is 0 Å². The summed E-state index contributed by atoms with van der Waals surface area (Å²) in [5, 5.41) is 0.695. The van der Waals surface area contributed by atoms with Gasteiger partial charge in [0.1, 0.15) is 6.10 Å². The molecule has 0 aliphatic heterocycles. The molecule has 0 heterocycles. The monoisotopic (exact) mass is 520 g/mol. The summed E-state index contributed by atoms with van der Waals surface area (Å²) in [6.45, 7) is 12.6. The van der Waals surface area contributed by atoms with Crippen molar-refractivity contribution in [2.45, 2.75) is 118 Å². The molecule has 0 N–H and O–H groups in total. The highest BCUT2D eigenvalue weighted by Gasteiger charge is 2.59. The van der Waals surface area contributed by atoms with Gasteiger partial charge in [-0.3, -0.25) is 4.79 Å². The van der Waals surface area contributed by atoms with Crippen molar-refractivity contribution in [1.82, 2.24) is 0 Å². The summed E-state index contributed by atoms with van der Waals surface area (Å²) in [6.07, 6.45) is 17.7. The predicted octanol–water partition coefficient (Wildman–Crippen LogP) is 8.72. The fourth-order valence-electron chi connectivity index (χ4n) is 9.07. The number of alkyl halides is 1. The number of carbonyl (C=O) groups excluding carboxylic acids is 1. The largest absolute Gasteiger partial charge is 0.462 e. The van der Waals surface area contributed by atoms with Crippen LogP contribution in [-0.2, 0) is 9.53 Å². The molecule has 188 valence electrons. The van der Waals surface area contributed by atoms with Gasteiger partial charge < -0.3 is 4.74 Å². The molecule has 0 aromatic heterocycles. The van der Waals surface area contributed by atoms with Crippen molar-refractivity contribution in [3.05, 3.63) is 11.6 Å². The van der Waals surface area contributed by atoms with Crippen molar-refractivity contribution in [3.63, 3.8) is 0 Å². The van der Waals surface area contributed by atoms with Gasteiger partial charge in [-0.2, -0.15) is 0 Å². The Morgan fingerprint density at radius 2 is 1.88 bits per heavy atom. The van der Waals surface area contributed by atoms with E-state index in [0.717, 1.165) is 48.3 Å². The minimum absolute atomic E-state index is 0.0392. The van der Waals surface area contributed by atoms with Crippen LogP contribution in [0.4, 0.5) is 0 Å². The SMILES string of the molecule is CC(C)CCC[C@H](C)[C@H]1CC[C@H]2[C@@H]3CC=C4C[C@H](OC(=O)CCBr)CC[C@]4(C)[C@H]3CC[C@]12C. The molecule has 33 heavy (non-hydrogen) atoms. The van der Waals surface area contributed by atoms with Crippen LogP contribution < -0.4 is 0 Å². The van der Waals surface area contributed by atoms with Gasteiger partial charge in [0.15, 0.2) is 0 Å². The van der Waals surface area contributed by atoms with Crippen LogP contribution in [0.5, 0.6) is 0 Å². The summed E-state index contributed by atoms with van der Waals surface area (Å²) >= 11 is 3.36. The number of rotatable bonds is 8. The lowest BCUT2D eigenvalue weighted by atomic mass is 9.47. The van der Waals surface area contributed by atoms with Crippen LogP contribution in [0.25, 0.3) is 0 Å². The van der Waals surface area contributed by atoms with E-state index < -0.39 is 0 Å². The number of hydrogen-bond acceptors (Lipinski definition) is 2. The molecular weight excluding hydrogens is 472 g/mol. The number of hydrogen-bond donors (Lipinski definition) is 0. The Morgan fingerprint density at radius 1 is 1.09 bits per heavy atom. The molecule has 0 amide bonds. The zero-order chi connectivity index (χ0) is 23.8. The average molecular weight is 522 g/mol. The lowest BCUT2D eigenvalue weighted by Crippen LogP contribution is -2.51. The van der Waals surface area contributed by atoms with Crippen molar-refractivity contribution in [2.75, 3.05) is 5.33 Å². The lowest BCUT2D eigenvalue weighted by Gasteiger charge is -2.58. The average Bonchev–Trinajstić information content (AvgIpc) is 3.11.